The molecule has 1 saturated heterocycles. The highest BCUT2D eigenvalue weighted by Gasteiger charge is 2.20. The van der Waals surface area contributed by atoms with E-state index < -0.39 is 0 Å². The van der Waals surface area contributed by atoms with E-state index in [2.05, 4.69) is 59.7 Å². The van der Waals surface area contributed by atoms with Gasteiger partial charge in [-0.1, -0.05) is 18.2 Å². The second kappa shape index (κ2) is 7.22. The van der Waals surface area contributed by atoms with Crippen LogP contribution in [0.5, 0.6) is 0 Å². The van der Waals surface area contributed by atoms with Crippen molar-refractivity contribution in [1.82, 2.24) is 14.5 Å². The Morgan fingerprint density at radius 1 is 1.08 bits per heavy atom. The Balaban J connectivity index is 1.99. The van der Waals surface area contributed by atoms with E-state index in [1.54, 1.807) is 0 Å². The summed E-state index contributed by atoms with van der Waals surface area (Å²) in [5.41, 5.74) is 6.15. The average Bonchev–Trinajstić information content (AvgIpc) is 3.15. The summed E-state index contributed by atoms with van der Waals surface area (Å²) >= 11 is 0. The van der Waals surface area contributed by atoms with Gasteiger partial charge >= 0.3 is 0 Å². The van der Waals surface area contributed by atoms with E-state index in [1.807, 2.05) is 19.1 Å². The van der Waals surface area contributed by atoms with Gasteiger partial charge in [0.2, 0.25) is 0 Å². The second-order valence-electron chi connectivity index (χ2n) is 6.83. The van der Waals surface area contributed by atoms with E-state index in [4.69, 9.17) is 5.10 Å². The van der Waals surface area contributed by atoms with Gasteiger partial charge in [0.15, 0.2) is 0 Å². The summed E-state index contributed by atoms with van der Waals surface area (Å²) < 4.78 is 2.32. The summed E-state index contributed by atoms with van der Waals surface area (Å²) in [6, 6.07) is 12.8. The quantitative estimate of drug-likeness (QED) is 0.621. The maximum Gasteiger partial charge on any atom is 0.0835 e. The van der Waals surface area contributed by atoms with Crippen LogP contribution in [0.3, 0.4) is 0 Å². The molecule has 0 radical (unpaired) electrons. The molecule has 0 bridgehead atoms. The molecule has 0 amide bonds. The van der Waals surface area contributed by atoms with Gasteiger partial charge in [-0.2, -0.15) is 5.10 Å². The molecule has 0 saturated carbocycles. The Bertz CT molecular complexity index is 707. The summed E-state index contributed by atoms with van der Waals surface area (Å²) in [7, 11) is 4.00. The SMILES string of the molecule is Cc1cc(/C(CN2CCCC2)=N\N(C)C)c(C)n1-c1ccccc1. The molecule has 0 aliphatic carbocycles. The average molecular weight is 324 g/mol. The van der Waals surface area contributed by atoms with Crippen molar-refractivity contribution in [3.8, 4) is 5.69 Å². The Labute approximate surface area is 145 Å². The van der Waals surface area contributed by atoms with Crippen LogP contribution in [0.25, 0.3) is 5.69 Å². The Kier molecular flexibility index (Phi) is 5.05. The second-order valence-corrected chi connectivity index (χ2v) is 6.83. The molecule has 1 aliphatic rings. The van der Waals surface area contributed by atoms with Crippen LogP contribution in [-0.4, -0.2) is 53.9 Å². The Morgan fingerprint density at radius 2 is 1.75 bits per heavy atom. The van der Waals surface area contributed by atoms with Gasteiger partial charge in [-0.15, -0.1) is 0 Å². The van der Waals surface area contributed by atoms with Crippen molar-refractivity contribution in [1.29, 1.82) is 0 Å². The summed E-state index contributed by atoms with van der Waals surface area (Å²) in [5.74, 6) is 0. The molecule has 24 heavy (non-hydrogen) atoms. The lowest BCUT2D eigenvalue weighted by Crippen LogP contribution is -2.29. The molecule has 0 spiro atoms. The highest BCUT2D eigenvalue weighted by molar-refractivity contribution is 6.03. The molecule has 2 heterocycles. The van der Waals surface area contributed by atoms with Crippen molar-refractivity contribution < 1.29 is 0 Å². The lowest BCUT2D eigenvalue weighted by Gasteiger charge is -2.18. The van der Waals surface area contributed by atoms with Crippen LogP contribution in [0, 0.1) is 13.8 Å². The molecule has 0 N–H and O–H groups in total. The molecule has 1 aliphatic heterocycles. The first-order valence-corrected chi connectivity index (χ1v) is 8.78. The smallest absolute Gasteiger partial charge is 0.0835 e. The maximum absolute atomic E-state index is 4.81. The molecule has 0 unspecified atom stereocenters. The highest BCUT2D eigenvalue weighted by atomic mass is 15.4. The summed E-state index contributed by atoms with van der Waals surface area (Å²) in [4.78, 5) is 2.51. The summed E-state index contributed by atoms with van der Waals surface area (Å²) in [5, 5.41) is 6.73. The van der Waals surface area contributed by atoms with Crippen LogP contribution in [-0.2, 0) is 0 Å². The maximum atomic E-state index is 4.81. The largest absolute Gasteiger partial charge is 0.318 e. The molecule has 1 aromatic heterocycles. The zero-order valence-electron chi connectivity index (χ0n) is 15.3. The molecule has 1 fully saturated rings. The third-order valence-corrected chi connectivity index (χ3v) is 4.65. The molecular weight excluding hydrogens is 296 g/mol. The van der Waals surface area contributed by atoms with Gasteiger partial charge < -0.3 is 9.58 Å². The van der Waals surface area contributed by atoms with E-state index in [0.717, 1.165) is 12.3 Å². The van der Waals surface area contributed by atoms with Crippen molar-refractivity contribution in [3.05, 3.63) is 53.3 Å². The van der Waals surface area contributed by atoms with Gasteiger partial charge in [0, 0.05) is 43.3 Å². The lowest BCUT2D eigenvalue weighted by atomic mass is 10.1. The van der Waals surface area contributed by atoms with Gasteiger partial charge in [-0.05, 0) is 58.0 Å². The van der Waals surface area contributed by atoms with Gasteiger partial charge in [-0.25, -0.2) is 0 Å². The molecular formula is C20H28N4. The van der Waals surface area contributed by atoms with Crippen LogP contribution in [0.1, 0.15) is 29.8 Å². The lowest BCUT2D eigenvalue weighted by molar-refractivity contribution is 0.379. The number of nitrogens with zero attached hydrogens (tertiary/aromatic N) is 4. The first kappa shape index (κ1) is 16.8. The fraction of sp³-hybridized carbons (Fsp3) is 0.450. The Morgan fingerprint density at radius 3 is 2.38 bits per heavy atom. The van der Waals surface area contributed by atoms with Gasteiger partial charge in [0.05, 0.1) is 5.71 Å². The predicted molar refractivity (Wildman–Crippen MR) is 101 cm³/mol. The van der Waals surface area contributed by atoms with E-state index in [-0.39, 0.29) is 0 Å². The minimum Gasteiger partial charge on any atom is -0.318 e. The van der Waals surface area contributed by atoms with Crippen LogP contribution in [0.15, 0.2) is 41.5 Å². The number of benzene rings is 1. The van der Waals surface area contributed by atoms with Crippen LogP contribution in [0.4, 0.5) is 0 Å². The predicted octanol–water partition coefficient (Wildman–Crippen LogP) is 3.46. The van der Waals surface area contributed by atoms with E-state index in [0.29, 0.717) is 0 Å². The van der Waals surface area contributed by atoms with Crippen molar-refractivity contribution in [2.24, 2.45) is 5.10 Å². The Hall–Kier alpha value is -2.07. The topological polar surface area (TPSA) is 23.8 Å². The molecule has 128 valence electrons. The number of likely N-dealkylation sites (tertiary alicyclic amines) is 1. The van der Waals surface area contributed by atoms with Gasteiger partial charge in [-0.3, -0.25) is 4.90 Å². The minimum atomic E-state index is 0.928. The summed E-state index contributed by atoms with van der Waals surface area (Å²) in [6.07, 6.45) is 2.61. The molecule has 1 aromatic carbocycles. The van der Waals surface area contributed by atoms with Crippen molar-refractivity contribution in [2.45, 2.75) is 26.7 Å². The zero-order valence-corrected chi connectivity index (χ0v) is 15.3. The minimum absolute atomic E-state index is 0.928. The van der Waals surface area contributed by atoms with E-state index in [9.17, 15) is 0 Å². The van der Waals surface area contributed by atoms with Crippen molar-refractivity contribution in [3.63, 3.8) is 0 Å². The first-order chi connectivity index (χ1) is 11.6. The van der Waals surface area contributed by atoms with Crippen molar-refractivity contribution >= 4 is 5.71 Å². The first-order valence-electron chi connectivity index (χ1n) is 8.78. The van der Waals surface area contributed by atoms with E-state index in [1.165, 1.54) is 48.6 Å². The van der Waals surface area contributed by atoms with Crippen LogP contribution in [0.2, 0.25) is 0 Å². The number of aromatic nitrogens is 1. The monoisotopic (exact) mass is 324 g/mol. The highest BCUT2D eigenvalue weighted by Crippen LogP contribution is 2.22. The van der Waals surface area contributed by atoms with Crippen molar-refractivity contribution in [2.75, 3.05) is 33.7 Å². The zero-order chi connectivity index (χ0) is 17.1. The van der Waals surface area contributed by atoms with Gasteiger partial charge in [0.25, 0.3) is 0 Å². The molecule has 4 nitrogen and oxygen atoms in total. The number of hydrogen-bond donors (Lipinski definition) is 0. The fourth-order valence-electron chi connectivity index (χ4n) is 3.59. The van der Waals surface area contributed by atoms with E-state index >= 15 is 0 Å². The number of hydrazone groups is 1. The van der Waals surface area contributed by atoms with Crippen LogP contribution >= 0.6 is 0 Å². The molecule has 3 rings (SSSR count). The number of hydrogen-bond acceptors (Lipinski definition) is 3. The standard InChI is InChI=1S/C20H28N4/c1-16-14-19(17(2)24(16)18-10-6-5-7-11-18)20(21-22(3)4)15-23-12-8-9-13-23/h5-7,10-11,14H,8-9,12-13,15H2,1-4H3/b21-20-. The molecule has 2 aromatic rings. The fourth-order valence-corrected chi connectivity index (χ4v) is 3.59. The molecule has 0 atom stereocenters. The third kappa shape index (κ3) is 3.54. The summed E-state index contributed by atoms with van der Waals surface area (Å²) in [6.45, 7) is 7.67. The van der Waals surface area contributed by atoms with Gasteiger partial charge in [0.1, 0.15) is 0 Å². The number of rotatable bonds is 5. The number of para-hydroxylation sites is 1. The molecule has 4 heteroatoms. The number of aryl methyl sites for hydroxylation is 1. The normalized spacial score (nSPS) is 15.9. The third-order valence-electron chi connectivity index (χ3n) is 4.65. The van der Waals surface area contributed by atoms with Crippen LogP contribution < -0.4 is 0 Å².